The van der Waals surface area contributed by atoms with E-state index in [1.807, 2.05) is 26.0 Å². The number of fused-ring (bicyclic) bond motifs is 1. The monoisotopic (exact) mass is 358 g/mol. The molecule has 0 amide bonds. The van der Waals surface area contributed by atoms with E-state index < -0.39 is 5.97 Å². The number of furan rings is 1. The van der Waals surface area contributed by atoms with E-state index in [0.29, 0.717) is 24.6 Å². The molecular formula is C18H22N4O4. The zero-order chi connectivity index (χ0) is 18.5. The van der Waals surface area contributed by atoms with Crippen LogP contribution in [0.2, 0.25) is 0 Å². The lowest BCUT2D eigenvalue weighted by molar-refractivity contribution is 0.0421. The first kappa shape index (κ1) is 17.9. The average Bonchev–Trinajstić information content (AvgIpc) is 3.23. The van der Waals surface area contributed by atoms with Crippen LogP contribution < -0.4 is 4.74 Å². The lowest BCUT2D eigenvalue weighted by Crippen LogP contribution is -2.11. The number of carbonyl (C=O) groups excluding carboxylic acids is 1. The molecule has 8 heteroatoms. The molecule has 0 atom stereocenters. The summed E-state index contributed by atoms with van der Waals surface area (Å²) in [5, 5.41) is 12.3. The largest absolute Gasteiger partial charge is 0.494 e. The van der Waals surface area contributed by atoms with Crippen LogP contribution in [0.1, 0.15) is 48.6 Å². The van der Waals surface area contributed by atoms with Crippen molar-refractivity contribution >= 4 is 16.9 Å². The molecule has 2 heterocycles. The molecule has 0 fully saturated rings. The van der Waals surface area contributed by atoms with E-state index in [0.717, 1.165) is 29.5 Å². The van der Waals surface area contributed by atoms with Crippen LogP contribution in [0.5, 0.6) is 5.75 Å². The molecule has 2 aromatic heterocycles. The van der Waals surface area contributed by atoms with Crippen LogP contribution in [0.3, 0.4) is 0 Å². The highest BCUT2D eigenvalue weighted by Gasteiger charge is 2.20. The van der Waals surface area contributed by atoms with Gasteiger partial charge in [0.15, 0.2) is 12.4 Å². The first-order valence-electron chi connectivity index (χ1n) is 8.72. The van der Waals surface area contributed by atoms with Crippen LogP contribution in [0.15, 0.2) is 22.6 Å². The molecule has 1 aromatic carbocycles. The minimum Gasteiger partial charge on any atom is -0.494 e. The standard InChI is InChI=1S/C18H22N4O4/c1-4-6-9-22-16(19-20-21-22)11-25-18(23)17-12(3)14-10-13(24-5-2)7-8-15(14)26-17/h7-8,10H,4-6,9,11H2,1-3H3. The number of carbonyl (C=O) groups is 1. The van der Waals surface area contributed by atoms with Gasteiger partial charge in [-0.3, -0.25) is 0 Å². The van der Waals surface area contributed by atoms with Gasteiger partial charge in [-0.15, -0.1) is 5.10 Å². The van der Waals surface area contributed by atoms with Crippen molar-refractivity contribution in [1.82, 2.24) is 20.2 Å². The summed E-state index contributed by atoms with van der Waals surface area (Å²) in [7, 11) is 0. The summed E-state index contributed by atoms with van der Waals surface area (Å²) in [4.78, 5) is 12.4. The van der Waals surface area contributed by atoms with Crippen molar-refractivity contribution in [3.63, 3.8) is 0 Å². The minimum atomic E-state index is -0.540. The van der Waals surface area contributed by atoms with Gasteiger partial charge in [0.1, 0.15) is 11.3 Å². The predicted octanol–water partition coefficient (Wildman–Crippen LogP) is 3.28. The van der Waals surface area contributed by atoms with Crippen LogP contribution in [0.4, 0.5) is 0 Å². The number of unbranched alkanes of at least 4 members (excludes halogenated alkanes) is 1. The van der Waals surface area contributed by atoms with Gasteiger partial charge in [-0.2, -0.15) is 0 Å². The molecule has 0 saturated carbocycles. The zero-order valence-corrected chi connectivity index (χ0v) is 15.2. The Morgan fingerprint density at radius 3 is 2.92 bits per heavy atom. The third kappa shape index (κ3) is 3.68. The normalized spacial score (nSPS) is 11.0. The summed E-state index contributed by atoms with van der Waals surface area (Å²) in [5.41, 5.74) is 1.34. The van der Waals surface area contributed by atoms with Crippen molar-refractivity contribution in [3.05, 3.63) is 35.3 Å². The number of tetrazole rings is 1. The summed E-state index contributed by atoms with van der Waals surface area (Å²) < 4.78 is 18.2. The summed E-state index contributed by atoms with van der Waals surface area (Å²) >= 11 is 0. The van der Waals surface area contributed by atoms with Gasteiger partial charge < -0.3 is 13.9 Å². The third-order valence-corrected chi connectivity index (χ3v) is 4.07. The smallest absolute Gasteiger partial charge is 0.375 e. The number of hydrogen-bond acceptors (Lipinski definition) is 7. The van der Waals surface area contributed by atoms with Crippen molar-refractivity contribution in [2.24, 2.45) is 0 Å². The number of benzene rings is 1. The molecule has 8 nitrogen and oxygen atoms in total. The number of aromatic nitrogens is 4. The highest BCUT2D eigenvalue weighted by atomic mass is 16.5. The second-order valence-electron chi connectivity index (χ2n) is 5.90. The Labute approximate surface area is 151 Å². The molecule has 0 unspecified atom stereocenters. The van der Waals surface area contributed by atoms with Crippen molar-refractivity contribution in [3.8, 4) is 5.75 Å². The number of esters is 1. The molecular weight excluding hydrogens is 336 g/mol. The minimum absolute atomic E-state index is 0.00374. The molecule has 0 aliphatic rings. The van der Waals surface area contributed by atoms with Crippen LogP contribution in [0, 0.1) is 6.92 Å². The molecule has 0 bridgehead atoms. The van der Waals surface area contributed by atoms with E-state index >= 15 is 0 Å². The van der Waals surface area contributed by atoms with Crippen molar-refractivity contribution in [2.75, 3.05) is 6.61 Å². The summed E-state index contributed by atoms with van der Waals surface area (Å²) in [6, 6.07) is 5.46. The van der Waals surface area contributed by atoms with E-state index in [4.69, 9.17) is 13.9 Å². The molecule has 0 aliphatic carbocycles. The van der Waals surface area contributed by atoms with Crippen LogP contribution in [-0.2, 0) is 17.9 Å². The third-order valence-electron chi connectivity index (χ3n) is 4.07. The van der Waals surface area contributed by atoms with Crippen molar-refractivity contribution < 1.29 is 18.7 Å². The summed E-state index contributed by atoms with van der Waals surface area (Å²) in [5.74, 6) is 0.890. The number of rotatable bonds is 8. The van der Waals surface area contributed by atoms with Gasteiger partial charge in [0.25, 0.3) is 0 Å². The molecule has 26 heavy (non-hydrogen) atoms. The van der Waals surface area contributed by atoms with Crippen LogP contribution >= 0.6 is 0 Å². The first-order chi connectivity index (χ1) is 12.6. The fourth-order valence-corrected chi connectivity index (χ4v) is 2.66. The van der Waals surface area contributed by atoms with Crippen LogP contribution in [0.25, 0.3) is 11.0 Å². The lowest BCUT2D eigenvalue weighted by Gasteiger charge is -2.04. The van der Waals surface area contributed by atoms with E-state index in [-0.39, 0.29) is 12.4 Å². The van der Waals surface area contributed by atoms with Gasteiger partial charge in [0.05, 0.1) is 6.61 Å². The Morgan fingerprint density at radius 1 is 1.31 bits per heavy atom. The highest BCUT2D eigenvalue weighted by molar-refractivity contribution is 5.96. The predicted molar refractivity (Wildman–Crippen MR) is 94.0 cm³/mol. The van der Waals surface area contributed by atoms with E-state index in [1.165, 1.54) is 0 Å². The molecule has 0 N–H and O–H groups in total. The molecule has 138 valence electrons. The van der Waals surface area contributed by atoms with Gasteiger partial charge in [-0.25, -0.2) is 9.48 Å². The fourth-order valence-electron chi connectivity index (χ4n) is 2.66. The van der Waals surface area contributed by atoms with Crippen molar-refractivity contribution in [2.45, 2.75) is 46.8 Å². The topological polar surface area (TPSA) is 92.3 Å². The van der Waals surface area contributed by atoms with Gasteiger partial charge in [-0.1, -0.05) is 13.3 Å². The Balaban J connectivity index is 1.74. The van der Waals surface area contributed by atoms with Gasteiger partial charge in [0, 0.05) is 17.5 Å². The molecule has 0 radical (unpaired) electrons. The molecule has 3 rings (SSSR count). The molecule has 0 aliphatic heterocycles. The number of ether oxygens (including phenoxy) is 2. The van der Waals surface area contributed by atoms with Crippen molar-refractivity contribution in [1.29, 1.82) is 0 Å². The zero-order valence-electron chi connectivity index (χ0n) is 15.2. The maximum absolute atomic E-state index is 12.4. The fraction of sp³-hybridized carbons (Fsp3) is 0.444. The maximum Gasteiger partial charge on any atom is 0.375 e. The number of hydrogen-bond donors (Lipinski definition) is 0. The van der Waals surface area contributed by atoms with E-state index in [9.17, 15) is 4.79 Å². The van der Waals surface area contributed by atoms with Crippen LogP contribution in [-0.4, -0.2) is 32.8 Å². The summed E-state index contributed by atoms with van der Waals surface area (Å²) in [6.07, 6.45) is 1.98. The van der Waals surface area contributed by atoms with Gasteiger partial charge >= 0.3 is 5.97 Å². The second kappa shape index (κ2) is 7.99. The quantitative estimate of drug-likeness (QED) is 0.570. The Kier molecular flexibility index (Phi) is 5.50. The molecule has 0 spiro atoms. The van der Waals surface area contributed by atoms with E-state index in [1.54, 1.807) is 10.7 Å². The first-order valence-corrected chi connectivity index (χ1v) is 8.72. The number of aryl methyl sites for hydroxylation is 2. The Hall–Kier alpha value is -2.90. The summed E-state index contributed by atoms with van der Waals surface area (Å²) in [6.45, 7) is 7.10. The highest BCUT2D eigenvalue weighted by Crippen LogP contribution is 2.29. The Bertz CT molecular complexity index is 900. The number of nitrogens with zero attached hydrogens (tertiary/aromatic N) is 4. The molecule has 3 aromatic rings. The second-order valence-corrected chi connectivity index (χ2v) is 5.90. The lowest BCUT2D eigenvalue weighted by atomic mass is 10.1. The SMILES string of the molecule is CCCCn1nnnc1COC(=O)c1oc2ccc(OCC)cc2c1C. The molecule has 0 saturated heterocycles. The average molecular weight is 358 g/mol. The van der Waals surface area contributed by atoms with E-state index in [2.05, 4.69) is 22.4 Å². The van der Waals surface area contributed by atoms with Gasteiger partial charge in [0.2, 0.25) is 5.76 Å². The Morgan fingerprint density at radius 2 is 2.15 bits per heavy atom. The van der Waals surface area contributed by atoms with Gasteiger partial charge in [-0.05, 0) is 48.9 Å². The maximum atomic E-state index is 12.4.